The Labute approximate surface area is 228 Å². The van der Waals surface area contributed by atoms with Crippen LogP contribution in [0.2, 0.25) is 0 Å². The van der Waals surface area contributed by atoms with Crippen LogP contribution in [0.25, 0.3) is 16.7 Å². The van der Waals surface area contributed by atoms with E-state index in [9.17, 15) is 8.42 Å². The third-order valence-electron chi connectivity index (χ3n) is 7.07. The molecule has 1 aliphatic rings. The van der Waals surface area contributed by atoms with Crippen molar-refractivity contribution in [2.75, 3.05) is 31.1 Å². The first kappa shape index (κ1) is 25.2. The third kappa shape index (κ3) is 5.15. The SMILES string of the molecule is Cc1ccc(S(=O)(=O)N2CCCN(c3nc(Cc4ccccc4)nc4c3cnn4-c3ccccc3)CC2)cc1. The highest BCUT2D eigenvalue weighted by Gasteiger charge is 2.28. The number of para-hydroxylation sites is 1. The van der Waals surface area contributed by atoms with Gasteiger partial charge < -0.3 is 4.90 Å². The van der Waals surface area contributed by atoms with Crippen molar-refractivity contribution in [1.29, 1.82) is 0 Å². The maximum absolute atomic E-state index is 13.4. The molecule has 0 atom stereocenters. The van der Waals surface area contributed by atoms with Crippen LogP contribution < -0.4 is 4.90 Å². The average molecular weight is 539 g/mol. The van der Waals surface area contributed by atoms with E-state index in [2.05, 4.69) is 22.1 Å². The fourth-order valence-electron chi connectivity index (χ4n) is 5.00. The van der Waals surface area contributed by atoms with Crippen molar-refractivity contribution < 1.29 is 8.42 Å². The fraction of sp³-hybridized carbons (Fsp3) is 0.233. The van der Waals surface area contributed by atoms with Gasteiger partial charge in [-0.15, -0.1) is 0 Å². The van der Waals surface area contributed by atoms with E-state index in [0.717, 1.165) is 33.7 Å². The highest BCUT2D eigenvalue weighted by Crippen LogP contribution is 2.28. The van der Waals surface area contributed by atoms with E-state index >= 15 is 0 Å². The zero-order valence-electron chi connectivity index (χ0n) is 21.8. The van der Waals surface area contributed by atoms with Gasteiger partial charge in [0, 0.05) is 32.6 Å². The van der Waals surface area contributed by atoms with Crippen LogP contribution >= 0.6 is 0 Å². The minimum absolute atomic E-state index is 0.334. The summed E-state index contributed by atoms with van der Waals surface area (Å²) in [5, 5.41) is 5.53. The Morgan fingerprint density at radius 3 is 2.26 bits per heavy atom. The Morgan fingerprint density at radius 1 is 0.795 bits per heavy atom. The van der Waals surface area contributed by atoms with Crippen molar-refractivity contribution in [1.82, 2.24) is 24.1 Å². The van der Waals surface area contributed by atoms with Gasteiger partial charge in [-0.1, -0.05) is 66.2 Å². The van der Waals surface area contributed by atoms with Gasteiger partial charge in [0.05, 0.1) is 22.2 Å². The normalized spacial score (nSPS) is 14.9. The summed E-state index contributed by atoms with van der Waals surface area (Å²) in [7, 11) is -3.57. The van der Waals surface area contributed by atoms with Crippen LogP contribution in [-0.2, 0) is 16.4 Å². The van der Waals surface area contributed by atoms with Gasteiger partial charge in [-0.25, -0.2) is 23.1 Å². The second-order valence-electron chi connectivity index (χ2n) is 9.81. The summed E-state index contributed by atoms with van der Waals surface area (Å²) in [6.07, 6.45) is 3.10. The molecule has 8 nitrogen and oxygen atoms in total. The predicted molar refractivity (Wildman–Crippen MR) is 153 cm³/mol. The standard InChI is InChI=1S/C30H30N6O2S/c1-23-13-15-26(16-14-23)39(37,38)35-18-8-17-34(19-20-35)29-27-22-31-36(25-11-6-3-7-12-25)30(27)33-28(32-29)21-24-9-4-2-5-10-24/h2-7,9-16,22H,8,17-21H2,1H3. The lowest BCUT2D eigenvalue weighted by atomic mass is 10.1. The van der Waals surface area contributed by atoms with Gasteiger partial charge in [-0.3, -0.25) is 0 Å². The van der Waals surface area contributed by atoms with Crippen LogP contribution in [0.3, 0.4) is 0 Å². The van der Waals surface area contributed by atoms with Crippen molar-refractivity contribution in [3.05, 3.63) is 108 Å². The molecule has 0 saturated carbocycles. The Balaban J connectivity index is 1.36. The Bertz CT molecular complexity index is 1690. The molecule has 9 heteroatoms. The van der Waals surface area contributed by atoms with Crippen LogP contribution in [0.5, 0.6) is 0 Å². The molecule has 5 aromatic rings. The average Bonchev–Trinajstić information content (AvgIpc) is 3.22. The lowest BCUT2D eigenvalue weighted by Gasteiger charge is -2.23. The summed E-state index contributed by atoms with van der Waals surface area (Å²) in [5.74, 6) is 1.50. The highest BCUT2D eigenvalue weighted by molar-refractivity contribution is 7.89. The van der Waals surface area contributed by atoms with Gasteiger partial charge in [0.25, 0.3) is 0 Å². The summed E-state index contributed by atoms with van der Waals surface area (Å²) in [6.45, 7) is 4.00. The Morgan fingerprint density at radius 2 is 1.51 bits per heavy atom. The first-order valence-electron chi connectivity index (χ1n) is 13.1. The number of hydrogen-bond donors (Lipinski definition) is 0. The van der Waals surface area contributed by atoms with Gasteiger partial charge in [-0.05, 0) is 43.2 Å². The van der Waals surface area contributed by atoms with Crippen LogP contribution in [0.4, 0.5) is 5.82 Å². The molecule has 0 unspecified atom stereocenters. The summed E-state index contributed by atoms with van der Waals surface area (Å²) in [6, 6.07) is 27.2. The lowest BCUT2D eigenvalue weighted by Crippen LogP contribution is -2.35. The number of hydrogen-bond acceptors (Lipinski definition) is 6. The molecule has 3 heterocycles. The molecule has 0 spiro atoms. The van der Waals surface area contributed by atoms with E-state index in [1.807, 2.05) is 78.5 Å². The zero-order valence-corrected chi connectivity index (χ0v) is 22.6. The van der Waals surface area contributed by atoms with Crippen molar-refractivity contribution in [3.63, 3.8) is 0 Å². The number of fused-ring (bicyclic) bond motifs is 1. The molecule has 0 N–H and O–H groups in total. The summed E-state index contributed by atoms with van der Waals surface area (Å²) < 4.78 is 30.2. The quantitative estimate of drug-likeness (QED) is 0.314. The number of benzene rings is 3. The smallest absolute Gasteiger partial charge is 0.243 e. The third-order valence-corrected chi connectivity index (χ3v) is 8.99. The summed E-state index contributed by atoms with van der Waals surface area (Å²) in [5.41, 5.74) is 3.82. The molecule has 1 fully saturated rings. The van der Waals surface area contributed by atoms with E-state index in [4.69, 9.17) is 9.97 Å². The molecule has 198 valence electrons. The first-order chi connectivity index (χ1) is 19.0. The molecular formula is C30H30N6O2S. The van der Waals surface area contributed by atoms with Crippen molar-refractivity contribution in [3.8, 4) is 5.69 Å². The van der Waals surface area contributed by atoms with Crippen LogP contribution in [-0.4, -0.2) is 58.7 Å². The monoisotopic (exact) mass is 538 g/mol. The van der Waals surface area contributed by atoms with Crippen LogP contribution in [0, 0.1) is 6.92 Å². The topological polar surface area (TPSA) is 84.2 Å². The molecule has 1 saturated heterocycles. The Kier molecular flexibility index (Phi) is 6.85. The molecule has 2 aromatic heterocycles. The molecule has 0 amide bonds. The van der Waals surface area contributed by atoms with E-state index in [0.29, 0.717) is 49.7 Å². The molecule has 0 aliphatic carbocycles. The van der Waals surface area contributed by atoms with Crippen LogP contribution in [0.1, 0.15) is 23.4 Å². The number of rotatable bonds is 6. The van der Waals surface area contributed by atoms with E-state index < -0.39 is 10.0 Å². The molecule has 0 bridgehead atoms. The highest BCUT2D eigenvalue weighted by atomic mass is 32.2. The number of sulfonamides is 1. The van der Waals surface area contributed by atoms with Crippen molar-refractivity contribution >= 4 is 26.9 Å². The second kappa shape index (κ2) is 10.6. The lowest BCUT2D eigenvalue weighted by molar-refractivity contribution is 0.433. The van der Waals surface area contributed by atoms with Gasteiger partial charge in [0.1, 0.15) is 11.6 Å². The minimum atomic E-state index is -3.57. The number of aryl methyl sites for hydroxylation is 1. The van der Waals surface area contributed by atoms with Crippen LogP contribution in [0.15, 0.2) is 96.0 Å². The minimum Gasteiger partial charge on any atom is -0.355 e. The maximum Gasteiger partial charge on any atom is 0.243 e. The molecule has 3 aromatic carbocycles. The molecule has 1 aliphatic heterocycles. The second-order valence-corrected chi connectivity index (χ2v) is 11.8. The number of anilines is 1. The molecule has 39 heavy (non-hydrogen) atoms. The van der Waals surface area contributed by atoms with Gasteiger partial charge in [-0.2, -0.15) is 9.40 Å². The zero-order chi connectivity index (χ0) is 26.8. The first-order valence-corrected chi connectivity index (χ1v) is 14.6. The van der Waals surface area contributed by atoms with Gasteiger partial charge in [0.2, 0.25) is 10.0 Å². The largest absolute Gasteiger partial charge is 0.355 e. The summed E-state index contributed by atoms with van der Waals surface area (Å²) >= 11 is 0. The fourth-order valence-corrected chi connectivity index (χ4v) is 6.47. The van der Waals surface area contributed by atoms with Gasteiger partial charge >= 0.3 is 0 Å². The maximum atomic E-state index is 13.4. The molecule has 6 rings (SSSR count). The predicted octanol–water partition coefficient (Wildman–Crippen LogP) is 4.62. The van der Waals surface area contributed by atoms with E-state index in [1.54, 1.807) is 16.4 Å². The van der Waals surface area contributed by atoms with E-state index in [1.165, 1.54) is 0 Å². The molecule has 0 radical (unpaired) electrons. The molecular weight excluding hydrogens is 508 g/mol. The number of nitrogens with zero attached hydrogens (tertiary/aromatic N) is 6. The Hall–Kier alpha value is -4.08. The van der Waals surface area contributed by atoms with E-state index in [-0.39, 0.29) is 0 Å². The number of aromatic nitrogens is 4. The van der Waals surface area contributed by atoms with Crippen molar-refractivity contribution in [2.24, 2.45) is 0 Å². The summed E-state index contributed by atoms with van der Waals surface area (Å²) in [4.78, 5) is 12.5. The van der Waals surface area contributed by atoms with Crippen molar-refractivity contribution in [2.45, 2.75) is 24.7 Å². The van der Waals surface area contributed by atoms with Gasteiger partial charge in [0.15, 0.2) is 5.65 Å².